The van der Waals surface area contributed by atoms with Crippen molar-refractivity contribution in [1.82, 2.24) is 10.3 Å². The van der Waals surface area contributed by atoms with Crippen molar-refractivity contribution in [1.29, 1.82) is 0 Å². The molecule has 2 rings (SSSR count). The third-order valence-electron chi connectivity index (χ3n) is 3.42. The standard InChI is InChI=1S/C16H16F3N3O3S/c1-26(24,25)22(13-6-5-12(17)15(18)16(13)19)9-7-14(23)21-10-11-4-2-3-8-20-11/h2-6,8H,7,9-10H2,1H3,(H,21,23). The molecule has 1 N–H and O–H groups in total. The molecule has 0 atom stereocenters. The molecular weight excluding hydrogens is 371 g/mol. The highest BCUT2D eigenvalue weighted by atomic mass is 32.2. The van der Waals surface area contributed by atoms with E-state index in [1.54, 1.807) is 24.4 Å². The smallest absolute Gasteiger partial charge is 0.232 e. The van der Waals surface area contributed by atoms with Gasteiger partial charge in [-0.1, -0.05) is 6.07 Å². The van der Waals surface area contributed by atoms with Gasteiger partial charge in [-0.05, 0) is 24.3 Å². The number of amides is 1. The van der Waals surface area contributed by atoms with E-state index in [0.29, 0.717) is 16.1 Å². The minimum atomic E-state index is -4.02. The third kappa shape index (κ3) is 4.94. The van der Waals surface area contributed by atoms with E-state index in [0.717, 1.165) is 12.3 Å². The maximum atomic E-state index is 13.9. The first-order chi connectivity index (χ1) is 12.2. The van der Waals surface area contributed by atoms with Crippen LogP contribution in [0, 0.1) is 17.5 Å². The van der Waals surface area contributed by atoms with Gasteiger partial charge in [-0.25, -0.2) is 21.6 Å². The molecular formula is C16H16F3N3O3S. The Morgan fingerprint density at radius 2 is 1.88 bits per heavy atom. The van der Waals surface area contributed by atoms with Gasteiger partial charge in [-0.2, -0.15) is 0 Å². The molecule has 10 heteroatoms. The molecule has 1 aromatic heterocycles. The van der Waals surface area contributed by atoms with Crippen molar-refractivity contribution >= 4 is 21.6 Å². The topological polar surface area (TPSA) is 79.4 Å². The van der Waals surface area contributed by atoms with Crippen LogP contribution in [0.1, 0.15) is 12.1 Å². The molecule has 0 fully saturated rings. The van der Waals surface area contributed by atoms with E-state index in [9.17, 15) is 26.4 Å². The summed E-state index contributed by atoms with van der Waals surface area (Å²) in [6.45, 7) is -0.299. The predicted molar refractivity (Wildman–Crippen MR) is 89.2 cm³/mol. The molecule has 0 aliphatic rings. The van der Waals surface area contributed by atoms with E-state index in [2.05, 4.69) is 10.3 Å². The first kappa shape index (κ1) is 19.7. The van der Waals surface area contributed by atoms with Crippen LogP contribution in [0.4, 0.5) is 18.9 Å². The van der Waals surface area contributed by atoms with Crippen molar-refractivity contribution in [3.63, 3.8) is 0 Å². The van der Waals surface area contributed by atoms with Gasteiger partial charge >= 0.3 is 0 Å². The van der Waals surface area contributed by atoms with Crippen molar-refractivity contribution in [3.05, 3.63) is 59.7 Å². The molecule has 26 heavy (non-hydrogen) atoms. The Kier molecular flexibility index (Phi) is 6.19. The highest BCUT2D eigenvalue weighted by molar-refractivity contribution is 7.92. The molecule has 0 unspecified atom stereocenters. The van der Waals surface area contributed by atoms with Crippen molar-refractivity contribution < 1.29 is 26.4 Å². The Morgan fingerprint density at radius 3 is 2.50 bits per heavy atom. The average molecular weight is 387 g/mol. The molecule has 0 bridgehead atoms. The van der Waals surface area contributed by atoms with Crippen molar-refractivity contribution in [3.8, 4) is 0 Å². The van der Waals surface area contributed by atoms with Crippen LogP contribution in [0.2, 0.25) is 0 Å². The molecule has 0 spiro atoms. The van der Waals surface area contributed by atoms with Crippen molar-refractivity contribution in [2.45, 2.75) is 13.0 Å². The third-order valence-corrected chi connectivity index (χ3v) is 4.60. The maximum absolute atomic E-state index is 13.9. The van der Waals surface area contributed by atoms with E-state index < -0.39 is 45.6 Å². The second-order valence-corrected chi connectivity index (χ2v) is 7.28. The van der Waals surface area contributed by atoms with Crippen LogP contribution in [-0.4, -0.2) is 32.1 Å². The minimum absolute atomic E-state index is 0.137. The number of aromatic nitrogens is 1. The van der Waals surface area contributed by atoms with Crippen LogP contribution < -0.4 is 9.62 Å². The second kappa shape index (κ2) is 8.17. The highest BCUT2D eigenvalue weighted by Crippen LogP contribution is 2.25. The van der Waals surface area contributed by atoms with Crippen molar-refractivity contribution in [2.24, 2.45) is 0 Å². The Morgan fingerprint density at radius 1 is 1.15 bits per heavy atom. The summed E-state index contributed by atoms with van der Waals surface area (Å²) in [5, 5.41) is 2.54. The fourth-order valence-corrected chi connectivity index (χ4v) is 3.08. The summed E-state index contributed by atoms with van der Waals surface area (Å²) >= 11 is 0. The number of anilines is 1. The number of benzene rings is 1. The summed E-state index contributed by atoms with van der Waals surface area (Å²) in [5.41, 5.74) is -0.0589. The second-order valence-electron chi connectivity index (χ2n) is 5.38. The molecule has 140 valence electrons. The predicted octanol–water partition coefficient (Wildman–Crippen LogP) is 1.97. The van der Waals surface area contributed by atoms with E-state index in [-0.39, 0.29) is 13.0 Å². The quantitative estimate of drug-likeness (QED) is 0.737. The van der Waals surface area contributed by atoms with Gasteiger partial charge in [0.05, 0.1) is 24.2 Å². The Labute approximate surface area is 148 Å². The van der Waals surface area contributed by atoms with Gasteiger partial charge < -0.3 is 5.32 Å². The number of hydrogen-bond acceptors (Lipinski definition) is 4. The molecule has 1 heterocycles. The zero-order valence-electron chi connectivity index (χ0n) is 13.7. The highest BCUT2D eigenvalue weighted by Gasteiger charge is 2.25. The lowest BCUT2D eigenvalue weighted by Gasteiger charge is -2.22. The Balaban J connectivity index is 2.08. The van der Waals surface area contributed by atoms with E-state index in [1.807, 2.05) is 0 Å². The number of carbonyl (C=O) groups excluding carboxylic acids is 1. The lowest BCUT2D eigenvalue weighted by molar-refractivity contribution is -0.121. The zero-order valence-corrected chi connectivity index (χ0v) is 14.6. The number of rotatable bonds is 7. The van der Waals surface area contributed by atoms with Gasteiger partial charge in [-0.15, -0.1) is 0 Å². The molecule has 0 radical (unpaired) electrons. The van der Waals surface area contributed by atoms with Gasteiger partial charge in [0.25, 0.3) is 0 Å². The number of nitrogens with one attached hydrogen (secondary N) is 1. The summed E-state index contributed by atoms with van der Waals surface area (Å²) in [6.07, 6.45) is 2.02. The molecule has 6 nitrogen and oxygen atoms in total. The number of hydrogen-bond donors (Lipinski definition) is 1. The van der Waals surface area contributed by atoms with Gasteiger partial charge in [0.15, 0.2) is 17.5 Å². The minimum Gasteiger partial charge on any atom is -0.350 e. The van der Waals surface area contributed by atoms with E-state index in [4.69, 9.17) is 0 Å². The molecule has 0 saturated carbocycles. The van der Waals surface area contributed by atoms with E-state index >= 15 is 0 Å². The molecule has 1 aromatic carbocycles. The van der Waals surface area contributed by atoms with Gasteiger partial charge in [0.2, 0.25) is 15.9 Å². The van der Waals surface area contributed by atoms with Crippen LogP contribution in [0.5, 0.6) is 0 Å². The number of carbonyl (C=O) groups is 1. The van der Waals surface area contributed by atoms with Crippen molar-refractivity contribution in [2.75, 3.05) is 17.1 Å². The number of halogens is 3. The van der Waals surface area contributed by atoms with Gasteiger partial charge in [-0.3, -0.25) is 14.1 Å². The normalized spacial score (nSPS) is 11.2. The Hall–Kier alpha value is -2.62. The van der Waals surface area contributed by atoms with Gasteiger partial charge in [0, 0.05) is 19.2 Å². The monoisotopic (exact) mass is 387 g/mol. The summed E-state index contributed by atoms with van der Waals surface area (Å²) in [7, 11) is -4.02. The van der Waals surface area contributed by atoms with Crippen LogP contribution in [-0.2, 0) is 21.4 Å². The molecule has 0 saturated heterocycles. The molecule has 2 aromatic rings. The molecule has 0 aliphatic carbocycles. The fourth-order valence-electron chi connectivity index (χ4n) is 2.16. The lowest BCUT2D eigenvalue weighted by Crippen LogP contribution is -2.35. The SMILES string of the molecule is CS(=O)(=O)N(CCC(=O)NCc1ccccn1)c1ccc(F)c(F)c1F. The Bertz CT molecular complexity index is 892. The summed E-state index contributed by atoms with van der Waals surface area (Å²) in [4.78, 5) is 15.9. The van der Waals surface area contributed by atoms with Crippen LogP contribution >= 0.6 is 0 Å². The van der Waals surface area contributed by atoms with Gasteiger partial charge in [0.1, 0.15) is 0 Å². The maximum Gasteiger partial charge on any atom is 0.232 e. The summed E-state index contributed by atoms with van der Waals surface area (Å²) in [6, 6.07) is 6.57. The number of nitrogens with zero attached hydrogens (tertiary/aromatic N) is 2. The molecule has 0 aliphatic heterocycles. The van der Waals surface area contributed by atoms with Crippen LogP contribution in [0.15, 0.2) is 36.5 Å². The largest absolute Gasteiger partial charge is 0.350 e. The van der Waals surface area contributed by atoms with E-state index in [1.165, 1.54) is 0 Å². The number of pyridine rings is 1. The lowest BCUT2D eigenvalue weighted by atomic mass is 10.2. The molecule has 1 amide bonds. The average Bonchev–Trinajstić information content (AvgIpc) is 2.59. The first-order valence-electron chi connectivity index (χ1n) is 7.48. The van der Waals surface area contributed by atoms with Crippen LogP contribution in [0.3, 0.4) is 0 Å². The first-order valence-corrected chi connectivity index (χ1v) is 9.33. The number of sulfonamides is 1. The zero-order chi connectivity index (χ0) is 19.3. The summed E-state index contributed by atoms with van der Waals surface area (Å²) in [5.74, 6) is -5.36. The summed E-state index contributed by atoms with van der Waals surface area (Å²) < 4.78 is 64.6. The fraction of sp³-hybridized carbons (Fsp3) is 0.250. The van der Waals surface area contributed by atoms with Crippen LogP contribution in [0.25, 0.3) is 0 Å².